The van der Waals surface area contributed by atoms with Crippen LogP contribution in [0.4, 0.5) is 5.69 Å². The molecule has 7 heteroatoms. The Labute approximate surface area is 118 Å². The summed E-state index contributed by atoms with van der Waals surface area (Å²) in [6.45, 7) is 5.34. The Morgan fingerprint density at radius 1 is 1.30 bits per heavy atom. The normalized spacial score (nSPS) is 11.8. The minimum atomic E-state index is -3.68. The maximum atomic E-state index is 12.3. The summed E-state index contributed by atoms with van der Waals surface area (Å²) >= 11 is 0. The van der Waals surface area contributed by atoms with E-state index in [0.717, 1.165) is 5.56 Å². The van der Waals surface area contributed by atoms with E-state index in [9.17, 15) is 8.42 Å². The number of rotatable bonds is 4. The van der Waals surface area contributed by atoms with Crippen molar-refractivity contribution in [1.82, 2.24) is 9.88 Å². The minimum Gasteiger partial charge on any atom is -0.398 e. The zero-order valence-electron chi connectivity index (χ0n) is 11.6. The average Bonchev–Trinajstić information content (AvgIpc) is 2.66. The van der Waals surface area contributed by atoms with E-state index in [4.69, 9.17) is 10.3 Å². The highest BCUT2D eigenvalue weighted by Gasteiger charge is 2.21. The summed E-state index contributed by atoms with van der Waals surface area (Å²) < 4.78 is 32.2. The first kappa shape index (κ1) is 14.5. The zero-order chi connectivity index (χ0) is 14.9. The molecule has 1 aromatic carbocycles. The number of nitrogens with two attached hydrogens (primary N) is 1. The molecule has 6 nitrogen and oxygen atoms in total. The second-order valence-corrected chi connectivity index (χ2v) is 6.32. The minimum absolute atomic E-state index is 0.117. The van der Waals surface area contributed by atoms with Crippen molar-refractivity contribution in [3.63, 3.8) is 0 Å². The van der Waals surface area contributed by atoms with Gasteiger partial charge in [-0.2, -0.15) is 0 Å². The van der Waals surface area contributed by atoms with Crippen molar-refractivity contribution < 1.29 is 12.9 Å². The molecule has 108 valence electrons. The predicted molar refractivity (Wildman–Crippen MR) is 75.6 cm³/mol. The highest BCUT2D eigenvalue weighted by molar-refractivity contribution is 7.89. The Kier molecular flexibility index (Phi) is 3.82. The second kappa shape index (κ2) is 5.26. The molecule has 0 saturated carbocycles. The highest BCUT2D eigenvalue weighted by atomic mass is 32.2. The van der Waals surface area contributed by atoms with Crippen LogP contribution in [-0.4, -0.2) is 13.6 Å². The molecule has 0 radical (unpaired) electrons. The number of sulfonamides is 1. The predicted octanol–water partition coefficient (Wildman–Crippen LogP) is 1.66. The van der Waals surface area contributed by atoms with Gasteiger partial charge >= 0.3 is 0 Å². The lowest BCUT2D eigenvalue weighted by atomic mass is 10.2. The van der Waals surface area contributed by atoms with Crippen LogP contribution in [0.5, 0.6) is 0 Å². The van der Waals surface area contributed by atoms with Crippen LogP contribution >= 0.6 is 0 Å². The van der Waals surface area contributed by atoms with Gasteiger partial charge in [0, 0.05) is 12.1 Å². The van der Waals surface area contributed by atoms with Crippen molar-refractivity contribution in [2.24, 2.45) is 0 Å². The molecule has 1 heterocycles. The van der Waals surface area contributed by atoms with Gasteiger partial charge in [0.25, 0.3) is 0 Å². The largest absolute Gasteiger partial charge is 0.398 e. The quantitative estimate of drug-likeness (QED) is 0.836. The van der Waals surface area contributed by atoms with Crippen LogP contribution in [0.25, 0.3) is 0 Å². The molecule has 0 atom stereocenters. The van der Waals surface area contributed by atoms with Gasteiger partial charge in [-0.1, -0.05) is 17.3 Å². The summed E-state index contributed by atoms with van der Waals surface area (Å²) in [7, 11) is -3.68. The van der Waals surface area contributed by atoms with Gasteiger partial charge in [0.2, 0.25) is 10.0 Å². The lowest BCUT2D eigenvalue weighted by molar-refractivity contribution is 0.392. The smallest absolute Gasteiger partial charge is 0.243 e. The van der Waals surface area contributed by atoms with E-state index in [1.165, 1.54) is 0 Å². The van der Waals surface area contributed by atoms with Crippen LogP contribution in [0.15, 0.2) is 27.6 Å². The van der Waals surface area contributed by atoms with Crippen molar-refractivity contribution in [3.8, 4) is 0 Å². The summed E-state index contributed by atoms with van der Waals surface area (Å²) in [6.07, 6.45) is 0. The fourth-order valence-corrected chi connectivity index (χ4v) is 3.38. The number of nitrogens with one attached hydrogen (secondary N) is 1. The van der Waals surface area contributed by atoms with Crippen molar-refractivity contribution >= 4 is 15.7 Å². The molecule has 3 N–H and O–H groups in total. The Morgan fingerprint density at radius 3 is 2.55 bits per heavy atom. The third kappa shape index (κ3) is 2.68. The SMILES string of the molecule is Cc1cccc(N)c1S(=O)(=O)NCc1c(C)noc1C. The molecule has 0 fully saturated rings. The van der Waals surface area contributed by atoms with Gasteiger partial charge in [-0.25, -0.2) is 13.1 Å². The van der Waals surface area contributed by atoms with Crippen molar-refractivity contribution in [2.75, 3.05) is 5.73 Å². The van der Waals surface area contributed by atoms with E-state index in [1.807, 2.05) is 0 Å². The van der Waals surface area contributed by atoms with E-state index in [-0.39, 0.29) is 17.1 Å². The highest BCUT2D eigenvalue weighted by Crippen LogP contribution is 2.22. The van der Waals surface area contributed by atoms with Crippen LogP contribution in [0.2, 0.25) is 0 Å². The third-order valence-electron chi connectivity index (χ3n) is 3.13. The van der Waals surface area contributed by atoms with E-state index in [2.05, 4.69) is 9.88 Å². The Bertz CT molecular complexity index is 696. The molecule has 2 aromatic rings. The molecule has 0 saturated heterocycles. The van der Waals surface area contributed by atoms with Gasteiger partial charge in [-0.3, -0.25) is 0 Å². The molecule has 0 bridgehead atoms. The average molecular weight is 295 g/mol. The first-order valence-corrected chi connectivity index (χ1v) is 7.57. The van der Waals surface area contributed by atoms with Gasteiger partial charge in [-0.05, 0) is 32.4 Å². The van der Waals surface area contributed by atoms with Gasteiger partial charge in [0.15, 0.2) is 0 Å². The molecule has 0 aliphatic carbocycles. The van der Waals surface area contributed by atoms with E-state index < -0.39 is 10.0 Å². The lowest BCUT2D eigenvalue weighted by Gasteiger charge is -2.11. The monoisotopic (exact) mass is 295 g/mol. The summed E-state index contributed by atoms with van der Waals surface area (Å²) in [5.41, 5.74) is 8.01. The Morgan fingerprint density at radius 2 is 2.00 bits per heavy atom. The standard InChI is InChI=1S/C13H17N3O3S/c1-8-5-4-6-12(14)13(8)20(17,18)15-7-11-9(2)16-19-10(11)3/h4-6,15H,7,14H2,1-3H3. The van der Waals surface area contributed by atoms with Crippen LogP contribution in [-0.2, 0) is 16.6 Å². The maximum absolute atomic E-state index is 12.3. The number of nitrogens with zero attached hydrogens (tertiary/aromatic N) is 1. The van der Waals surface area contributed by atoms with Gasteiger partial charge in [0.05, 0.1) is 11.4 Å². The zero-order valence-corrected chi connectivity index (χ0v) is 12.4. The summed E-state index contributed by atoms with van der Waals surface area (Å²) in [5, 5.41) is 3.79. The number of hydrogen-bond acceptors (Lipinski definition) is 5. The van der Waals surface area contributed by atoms with Gasteiger partial charge in [0.1, 0.15) is 10.7 Å². The molecule has 2 rings (SSSR count). The molecule has 20 heavy (non-hydrogen) atoms. The summed E-state index contributed by atoms with van der Waals surface area (Å²) in [6, 6.07) is 5.00. The molecule has 1 aromatic heterocycles. The van der Waals surface area contributed by atoms with E-state index in [1.54, 1.807) is 39.0 Å². The van der Waals surface area contributed by atoms with Crippen molar-refractivity contribution in [2.45, 2.75) is 32.2 Å². The van der Waals surface area contributed by atoms with Crippen LogP contribution in [0, 0.1) is 20.8 Å². The molecular formula is C13H17N3O3S. The van der Waals surface area contributed by atoms with Crippen LogP contribution < -0.4 is 10.5 Å². The molecule has 0 unspecified atom stereocenters. The third-order valence-corrected chi connectivity index (χ3v) is 4.75. The number of hydrogen-bond donors (Lipinski definition) is 2. The molecular weight excluding hydrogens is 278 g/mol. The molecule has 0 aliphatic heterocycles. The Balaban J connectivity index is 2.29. The van der Waals surface area contributed by atoms with Gasteiger partial charge in [-0.15, -0.1) is 0 Å². The second-order valence-electron chi connectivity index (χ2n) is 4.62. The summed E-state index contributed by atoms with van der Waals surface area (Å²) in [5.74, 6) is 0.600. The van der Waals surface area contributed by atoms with Crippen molar-refractivity contribution in [3.05, 3.63) is 40.8 Å². The lowest BCUT2D eigenvalue weighted by Crippen LogP contribution is -2.25. The summed E-state index contributed by atoms with van der Waals surface area (Å²) in [4.78, 5) is 0.117. The van der Waals surface area contributed by atoms with Gasteiger partial charge < -0.3 is 10.3 Å². The topological polar surface area (TPSA) is 98.2 Å². The fraction of sp³-hybridized carbons (Fsp3) is 0.308. The maximum Gasteiger partial charge on any atom is 0.243 e. The van der Waals surface area contributed by atoms with Crippen LogP contribution in [0.3, 0.4) is 0 Å². The molecule has 0 spiro atoms. The van der Waals surface area contributed by atoms with E-state index >= 15 is 0 Å². The fourth-order valence-electron chi connectivity index (χ4n) is 2.04. The first-order chi connectivity index (χ1) is 9.33. The molecule has 0 aliphatic rings. The number of anilines is 1. The number of nitrogen functional groups attached to an aromatic ring is 1. The van der Waals surface area contributed by atoms with Crippen LogP contribution in [0.1, 0.15) is 22.6 Å². The number of aromatic nitrogens is 1. The Hall–Kier alpha value is -1.86. The number of benzene rings is 1. The van der Waals surface area contributed by atoms with Crippen molar-refractivity contribution in [1.29, 1.82) is 0 Å². The molecule has 0 amide bonds. The first-order valence-electron chi connectivity index (χ1n) is 6.09. The number of aryl methyl sites for hydroxylation is 3. The van der Waals surface area contributed by atoms with E-state index in [0.29, 0.717) is 17.0 Å².